The number of hydrogen-bond donors (Lipinski definition) is 1. The van der Waals surface area contributed by atoms with Crippen molar-refractivity contribution in [3.8, 4) is 11.5 Å². The van der Waals surface area contributed by atoms with Gasteiger partial charge in [-0.1, -0.05) is 48.0 Å². The van der Waals surface area contributed by atoms with Crippen LogP contribution in [0.4, 0.5) is 0 Å². The van der Waals surface area contributed by atoms with Crippen molar-refractivity contribution in [1.29, 1.82) is 0 Å². The van der Waals surface area contributed by atoms with Gasteiger partial charge in [0, 0.05) is 10.0 Å². The van der Waals surface area contributed by atoms with E-state index in [1.54, 1.807) is 12.1 Å². The van der Waals surface area contributed by atoms with Gasteiger partial charge in [-0.15, -0.1) is 0 Å². The van der Waals surface area contributed by atoms with Crippen LogP contribution in [0.2, 0.25) is 5.02 Å². The molecule has 3 rings (SSSR count). The number of nitrogens with zero attached hydrogens (tertiary/aromatic N) is 1. The number of hydrogen-bond acceptors (Lipinski definition) is 4. The van der Waals surface area contributed by atoms with E-state index in [0.717, 1.165) is 21.2 Å². The molecule has 0 saturated carbocycles. The maximum absolute atomic E-state index is 12.3. The van der Waals surface area contributed by atoms with Crippen LogP contribution in [0.1, 0.15) is 34.0 Å². The van der Waals surface area contributed by atoms with E-state index in [2.05, 4.69) is 26.5 Å². The van der Waals surface area contributed by atoms with Crippen molar-refractivity contribution in [3.63, 3.8) is 0 Å². The summed E-state index contributed by atoms with van der Waals surface area (Å²) >= 11 is 9.67. The summed E-state index contributed by atoms with van der Waals surface area (Å²) in [5.41, 5.74) is 5.63. The molecule has 0 fully saturated rings. The van der Waals surface area contributed by atoms with Gasteiger partial charge in [0.1, 0.15) is 6.61 Å². The molecular weight excluding hydrogens is 480 g/mol. The Labute approximate surface area is 195 Å². The number of rotatable bonds is 8. The maximum atomic E-state index is 12.3. The third-order valence-electron chi connectivity index (χ3n) is 4.34. The number of amides is 1. The van der Waals surface area contributed by atoms with E-state index in [9.17, 15) is 4.79 Å². The Morgan fingerprint density at radius 2 is 1.84 bits per heavy atom. The van der Waals surface area contributed by atoms with E-state index >= 15 is 0 Å². The molecule has 3 aromatic rings. The zero-order chi connectivity index (χ0) is 22.2. The highest BCUT2D eigenvalue weighted by atomic mass is 79.9. The van der Waals surface area contributed by atoms with Crippen LogP contribution < -0.4 is 14.9 Å². The van der Waals surface area contributed by atoms with Crippen LogP contribution >= 0.6 is 27.5 Å². The molecule has 7 heteroatoms. The van der Waals surface area contributed by atoms with Crippen molar-refractivity contribution in [2.75, 3.05) is 6.61 Å². The monoisotopic (exact) mass is 500 g/mol. The highest BCUT2D eigenvalue weighted by molar-refractivity contribution is 9.10. The molecule has 5 nitrogen and oxygen atoms in total. The second-order valence-electron chi connectivity index (χ2n) is 6.71. The first kappa shape index (κ1) is 22.8. The van der Waals surface area contributed by atoms with E-state index in [1.807, 2.05) is 62.4 Å². The third-order valence-corrected chi connectivity index (χ3v) is 5.34. The number of ether oxygens (including phenoxy) is 2. The van der Waals surface area contributed by atoms with E-state index in [1.165, 1.54) is 6.21 Å². The smallest absolute Gasteiger partial charge is 0.272 e. The molecule has 0 atom stereocenters. The van der Waals surface area contributed by atoms with Crippen molar-refractivity contribution in [2.24, 2.45) is 5.10 Å². The summed E-state index contributed by atoms with van der Waals surface area (Å²) in [7, 11) is 0. The second-order valence-corrected chi connectivity index (χ2v) is 7.97. The lowest BCUT2D eigenvalue weighted by molar-refractivity contribution is 0.0955. The lowest BCUT2D eigenvalue weighted by Crippen LogP contribution is -2.18. The molecule has 1 amide bonds. The van der Waals surface area contributed by atoms with Crippen molar-refractivity contribution in [2.45, 2.75) is 20.5 Å². The first-order chi connectivity index (χ1) is 15.0. The molecule has 0 saturated heterocycles. The van der Waals surface area contributed by atoms with Gasteiger partial charge in [0.2, 0.25) is 0 Å². The molecule has 0 aliphatic carbocycles. The van der Waals surface area contributed by atoms with Gasteiger partial charge in [-0.3, -0.25) is 4.79 Å². The Balaban J connectivity index is 1.73. The van der Waals surface area contributed by atoms with Crippen LogP contribution in [0, 0.1) is 6.92 Å². The number of carbonyl (C=O) groups is 1. The predicted octanol–water partition coefficient (Wildman–Crippen LogP) is 6.15. The summed E-state index contributed by atoms with van der Waals surface area (Å²) in [4.78, 5) is 12.3. The fraction of sp³-hybridized carbons (Fsp3) is 0.167. The minimum atomic E-state index is -0.384. The Kier molecular flexibility index (Phi) is 8.09. The summed E-state index contributed by atoms with van der Waals surface area (Å²) in [6, 6.07) is 18.8. The molecule has 0 bridgehead atoms. The molecule has 0 heterocycles. The Hall–Kier alpha value is -2.83. The lowest BCUT2D eigenvalue weighted by atomic mass is 10.1. The van der Waals surface area contributed by atoms with Gasteiger partial charge in [0.25, 0.3) is 5.91 Å². The van der Waals surface area contributed by atoms with Crippen LogP contribution in [0.15, 0.2) is 70.2 Å². The SMILES string of the molecule is CCOc1cc(/C=N\NC(=O)c2ccc(C)cc2Cl)c(Br)cc1OCc1ccccc1. The van der Waals surface area contributed by atoms with E-state index in [-0.39, 0.29) is 5.91 Å². The number of carbonyl (C=O) groups excluding carboxylic acids is 1. The molecule has 0 spiro atoms. The van der Waals surface area contributed by atoms with Gasteiger partial charge in [-0.25, -0.2) is 5.43 Å². The molecule has 0 radical (unpaired) electrons. The zero-order valence-corrected chi connectivity index (χ0v) is 19.5. The quantitative estimate of drug-likeness (QED) is 0.297. The van der Waals surface area contributed by atoms with Crippen molar-refractivity contribution in [1.82, 2.24) is 5.43 Å². The van der Waals surface area contributed by atoms with Crippen molar-refractivity contribution >= 4 is 39.7 Å². The Morgan fingerprint density at radius 3 is 2.55 bits per heavy atom. The average molecular weight is 502 g/mol. The highest BCUT2D eigenvalue weighted by Crippen LogP contribution is 2.33. The molecular formula is C24H22BrClN2O3. The minimum Gasteiger partial charge on any atom is -0.490 e. The molecule has 0 unspecified atom stereocenters. The maximum Gasteiger partial charge on any atom is 0.272 e. The number of nitrogens with one attached hydrogen (secondary N) is 1. The number of hydrazone groups is 1. The fourth-order valence-electron chi connectivity index (χ4n) is 2.79. The van der Waals surface area contributed by atoms with Crippen LogP contribution in [0.3, 0.4) is 0 Å². The topological polar surface area (TPSA) is 59.9 Å². The van der Waals surface area contributed by atoms with Gasteiger partial charge < -0.3 is 9.47 Å². The van der Waals surface area contributed by atoms with Gasteiger partial charge in [0.15, 0.2) is 11.5 Å². The third kappa shape index (κ3) is 6.32. The minimum absolute atomic E-state index is 0.364. The summed E-state index contributed by atoms with van der Waals surface area (Å²) in [5, 5.41) is 4.44. The summed E-state index contributed by atoms with van der Waals surface area (Å²) < 4.78 is 12.4. The second kappa shape index (κ2) is 11.0. The summed E-state index contributed by atoms with van der Waals surface area (Å²) in [6.45, 7) is 4.73. The Bertz CT molecular complexity index is 1090. The Morgan fingerprint density at radius 1 is 1.10 bits per heavy atom. The first-order valence-electron chi connectivity index (χ1n) is 9.70. The van der Waals surface area contributed by atoms with Crippen LogP contribution in [0.5, 0.6) is 11.5 Å². The molecule has 1 N–H and O–H groups in total. The lowest BCUT2D eigenvalue weighted by Gasteiger charge is -2.14. The summed E-state index contributed by atoms with van der Waals surface area (Å²) in [5.74, 6) is 0.825. The van der Waals surface area contributed by atoms with E-state index in [0.29, 0.717) is 35.3 Å². The van der Waals surface area contributed by atoms with Crippen molar-refractivity contribution < 1.29 is 14.3 Å². The van der Waals surface area contributed by atoms with Crippen LogP contribution in [-0.4, -0.2) is 18.7 Å². The number of halogens is 2. The zero-order valence-electron chi connectivity index (χ0n) is 17.2. The summed E-state index contributed by atoms with van der Waals surface area (Å²) in [6.07, 6.45) is 1.54. The highest BCUT2D eigenvalue weighted by Gasteiger charge is 2.12. The number of benzene rings is 3. The van der Waals surface area contributed by atoms with Gasteiger partial charge >= 0.3 is 0 Å². The molecule has 0 aliphatic rings. The first-order valence-corrected chi connectivity index (χ1v) is 10.9. The van der Waals surface area contributed by atoms with Gasteiger partial charge in [-0.2, -0.15) is 5.10 Å². The molecule has 0 aromatic heterocycles. The molecule has 160 valence electrons. The predicted molar refractivity (Wildman–Crippen MR) is 127 cm³/mol. The van der Waals surface area contributed by atoms with Crippen LogP contribution in [0.25, 0.3) is 0 Å². The normalized spacial score (nSPS) is 10.8. The van der Waals surface area contributed by atoms with E-state index in [4.69, 9.17) is 21.1 Å². The fourth-order valence-corrected chi connectivity index (χ4v) is 3.54. The van der Waals surface area contributed by atoms with Crippen LogP contribution in [-0.2, 0) is 6.61 Å². The van der Waals surface area contributed by atoms with Gasteiger partial charge in [0.05, 0.1) is 23.4 Å². The standard InChI is InChI=1S/C24H22BrClN2O3/c1-3-30-22-12-18(14-27-28-24(29)19-10-9-16(2)11-21(19)26)20(25)13-23(22)31-15-17-7-5-4-6-8-17/h4-14H,3,15H2,1-2H3,(H,28,29)/b27-14-. The molecule has 31 heavy (non-hydrogen) atoms. The van der Waals surface area contributed by atoms with Crippen molar-refractivity contribution in [3.05, 3.63) is 92.4 Å². The van der Waals surface area contributed by atoms with Gasteiger partial charge in [-0.05, 0) is 65.2 Å². The van der Waals surface area contributed by atoms with E-state index < -0.39 is 0 Å². The largest absolute Gasteiger partial charge is 0.490 e. The molecule has 3 aromatic carbocycles. The molecule has 0 aliphatic heterocycles. The average Bonchev–Trinajstić information content (AvgIpc) is 2.75. The number of aryl methyl sites for hydroxylation is 1.